The summed E-state index contributed by atoms with van der Waals surface area (Å²) in [5, 5.41) is 0. The van der Waals surface area contributed by atoms with Gasteiger partial charge in [-0.2, -0.15) is 0 Å². The van der Waals surface area contributed by atoms with Gasteiger partial charge in [-0.15, -0.1) is 0 Å². The van der Waals surface area contributed by atoms with Crippen molar-refractivity contribution >= 4 is 29.7 Å². The molecule has 0 bridgehead atoms. The third kappa shape index (κ3) is 4.75. The maximum absolute atomic E-state index is 12.9. The van der Waals surface area contributed by atoms with Crippen LogP contribution in [-0.4, -0.2) is 41.5 Å². The fourth-order valence-corrected chi connectivity index (χ4v) is 3.75. The van der Waals surface area contributed by atoms with Crippen molar-refractivity contribution in [3.05, 3.63) is 101 Å². The Labute approximate surface area is 192 Å². The molecule has 4 rings (SSSR count). The zero-order valence-corrected chi connectivity index (χ0v) is 18.5. The third-order valence-electron chi connectivity index (χ3n) is 5.50. The van der Waals surface area contributed by atoms with Crippen molar-refractivity contribution in [1.29, 1.82) is 0 Å². The van der Waals surface area contributed by atoms with Gasteiger partial charge in [0.2, 0.25) is 0 Å². The highest BCUT2D eigenvalue weighted by Gasteiger charge is 2.43. The maximum atomic E-state index is 12.9. The molecule has 0 aromatic heterocycles. The molecular weight excluding hydrogens is 416 g/mol. The van der Waals surface area contributed by atoms with Gasteiger partial charge in [0.15, 0.2) is 0 Å². The van der Waals surface area contributed by atoms with Gasteiger partial charge in [-0.25, -0.2) is 4.79 Å². The Bertz CT molecular complexity index is 1180. The molecule has 0 radical (unpaired) electrons. The summed E-state index contributed by atoms with van der Waals surface area (Å²) in [5.41, 5.74) is 4.34. The number of hydrogen-bond acceptors (Lipinski definition) is 5. The van der Waals surface area contributed by atoms with Gasteiger partial charge >= 0.3 is 5.97 Å². The molecule has 0 saturated carbocycles. The van der Waals surface area contributed by atoms with Crippen LogP contribution >= 0.6 is 0 Å². The largest absolute Gasteiger partial charge is 0.464 e. The number of hydrogen-bond donors (Lipinski definition) is 0. The van der Waals surface area contributed by atoms with Gasteiger partial charge in [0.25, 0.3) is 11.8 Å². The molecule has 0 saturated heterocycles. The van der Waals surface area contributed by atoms with Gasteiger partial charge in [-0.05, 0) is 49.2 Å². The molecule has 33 heavy (non-hydrogen) atoms. The minimum atomic E-state index is -1.04. The van der Waals surface area contributed by atoms with E-state index in [0.717, 1.165) is 21.7 Å². The van der Waals surface area contributed by atoms with Crippen LogP contribution in [0, 0.1) is 6.92 Å². The Kier molecular flexibility index (Phi) is 6.45. The van der Waals surface area contributed by atoms with Crippen LogP contribution in [0.25, 0.3) is 0 Å². The summed E-state index contributed by atoms with van der Waals surface area (Å²) in [5.74, 6) is -1.56. The summed E-state index contributed by atoms with van der Waals surface area (Å²) >= 11 is 0. The first-order valence-electron chi connectivity index (χ1n) is 10.8. The summed E-state index contributed by atoms with van der Waals surface area (Å²) in [6.45, 7) is 3.88. The average molecular weight is 440 g/mol. The maximum Gasteiger partial charge on any atom is 0.329 e. The van der Waals surface area contributed by atoms with Crippen molar-refractivity contribution in [3.8, 4) is 0 Å². The van der Waals surface area contributed by atoms with Crippen LogP contribution in [0.3, 0.4) is 0 Å². The molecule has 6 nitrogen and oxygen atoms in total. The van der Waals surface area contributed by atoms with Crippen molar-refractivity contribution in [2.45, 2.75) is 26.3 Å². The number of ether oxygens (including phenoxy) is 1. The number of fused-ring (bicyclic) bond motifs is 1. The quantitative estimate of drug-likeness (QED) is 0.308. The van der Waals surface area contributed by atoms with Crippen LogP contribution in [0.15, 0.2) is 77.8 Å². The lowest BCUT2D eigenvalue weighted by Gasteiger charge is -2.24. The van der Waals surface area contributed by atoms with Crippen molar-refractivity contribution in [1.82, 2.24) is 4.90 Å². The number of nitrogens with zero attached hydrogens (tertiary/aromatic N) is 2. The molecule has 1 aliphatic heterocycles. The molecule has 0 aliphatic carbocycles. The first kappa shape index (κ1) is 22.1. The first-order chi connectivity index (χ1) is 16.0. The number of carbonyl (C=O) groups is 3. The molecule has 166 valence electrons. The van der Waals surface area contributed by atoms with Crippen LogP contribution in [0.5, 0.6) is 0 Å². The summed E-state index contributed by atoms with van der Waals surface area (Å²) in [6.07, 6.45) is 1.95. The summed E-state index contributed by atoms with van der Waals surface area (Å²) in [4.78, 5) is 44.1. The number of aliphatic imine (C=N–C) groups is 1. The lowest BCUT2D eigenvalue weighted by molar-refractivity contribution is -0.147. The molecule has 3 aromatic rings. The summed E-state index contributed by atoms with van der Waals surface area (Å²) in [6, 6.07) is 21.0. The van der Waals surface area contributed by atoms with E-state index in [4.69, 9.17) is 4.74 Å². The number of benzene rings is 3. The van der Waals surface area contributed by atoms with E-state index >= 15 is 0 Å². The van der Waals surface area contributed by atoms with Crippen LogP contribution in [0.4, 0.5) is 5.69 Å². The second-order valence-corrected chi connectivity index (χ2v) is 7.83. The Morgan fingerprint density at radius 3 is 2.12 bits per heavy atom. The molecule has 0 fully saturated rings. The van der Waals surface area contributed by atoms with Crippen LogP contribution < -0.4 is 0 Å². The Hall–Kier alpha value is -4.06. The lowest BCUT2D eigenvalue weighted by Crippen LogP contribution is -2.47. The number of esters is 1. The molecule has 6 heteroatoms. The van der Waals surface area contributed by atoms with E-state index in [1.165, 1.54) is 5.56 Å². The molecule has 1 atom stereocenters. The molecule has 0 N–H and O–H groups in total. The van der Waals surface area contributed by atoms with Gasteiger partial charge in [0, 0.05) is 12.6 Å². The first-order valence-corrected chi connectivity index (χ1v) is 10.8. The van der Waals surface area contributed by atoms with E-state index in [9.17, 15) is 14.4 Å². The van der Waals surface area contributed by atoms with E-state index in [-0.39, 0.29) is 13.0 Å². The summed E-state index contributed by atoms with van der Waals surface area (Å²) in [7, 11) is 0. The van der Waals surface area contributed by atoms with Gasteiger partial charge in [0.1, 0.15) is 6.04 Å². The molecule has 0 unspecified atom stereocenters. The van der Waals surface area contributed by atoms with Gasteiger partial charge in [-0.1, -0.05) is 54.1 Å². The standard InChI is InChI=1S/C27H24N2O4/c1-3-33-27(32)24(29-25(30)22-6-4-5-7-23(22)26(29)31)16-19-12-14-21(15-13-19)28-17-20-10-8-18(2)9-11-20/h4-15,17,24H,3,16H2,1-2H3/t24-/m0/s1. The van der Waals surface area contributed by atoms with Gasteiger partial charge < -0.3 is 4.74 Å². The molecule has 0 spiro atoms. The second kappa shape index (κ2) is 9.61. The van der Waals surface area contributed by atoms with Crippen LogP contribution in [-0.2, 0) is 16.0 Å². The fourth-order valence-electron chi connectivity index (χ4n) is 3.75. The smallest absolute Gasteiger partial charge is 0.329 e. The van der Waals surface area contributed by atoms with Gasteiger partial charge in [-0.3, -0.25) is 19.5 Å². The average Bonchev–Trinajstić information content (AvgIpc) is 3.08. The van der Waals surface area contributed by atoms with Crippen molar-refractivity contribution in [2.24, 2.45) is 4.99 Å². The van der Waals surface area contributed by atoms with E-state index in [2.05, 4.69) is 4.99 Å². The molecule has 3 aromatic carbocycles. The number of aryl methyl sites for hydroxylation is 1. The SMILES string of the molecule is CCOC(=O)[C@H](Cc1ccc(N=Cc2ccc(C)cc2)cc1)N1C(=O)c2ccccc2C1=O. The molecule has 1 aliphatic rings. The topological polar surface area (TPSA) is 76.0 Å². The van der Waals surface area contributed by atoms with Crippen molar-refractivity contribution in [3.63, 3.8) is 0 Å². The molecular formula is C27H24N2O4. The predicted molar refractivity (Wildman–Crippen MR) is 126 cm³/mol. The number of imide groups is 1. The highest BCUT2D eigenvalue weighted by Crippen LogP contribution is 2.27. The highest BCUT2D eigenvalue weighted by atomic mass is 16.5. The monoisotopic (exact) mass is 440 g/mol. The number of amides is 2. The zero-order chi connectivity index (χ0) is 23.4. The minimum absolute atomic E-state index is 0.158. The van der Waals surface area contributed by atoms with Crippen molar-refractivity contribution in [2.75, 3.05) is 6.61 Å². The Balaban J connectivity index is 1.54. The van der Waals surface area contributed by atoms with E-state index in [1.54, 1.807) is 37.4 Å². The number of carbonyl (C=O) groups excluding carboxylic acids is 3. The minimum Gasteiger partial charge on any atom is -0.464 e. The third-order valence-corrected chi connectivity index (χ3v) is 5.50. The lowest BCUT2D eigenvalue weighted by atomic mass is 10.0. The van der Waals surface area contributed by atoms with E-state index in [1.807, 2.05) is 55.5 Å². The fraction of sp³-hybridized carbons (Fsp3) is 0.185. The molecule has 2 amide bonds. The number of rotatable bonds is 7. The Morgan fingerprint density at radius 1 is 0.939 bits per heavy atom. The Morgan fingerprint density at radius 2 is 1.55 bits per heavy atom. The van der Waals surface area contributed by atoms with Gasteiger partial charge in [0.05, 0.1) is 23.4 Å². The van der Waals surface area contributed by atoms with Crippen molar-refractivity contribution < 1.29 is 19.1 Å². The van der Waals surface area contributed by atoms with E-state index < -0.39 is 23.8 Å². The predicted octanol–water partition coefficient (Wildman–Crippen LogP) is 4.52. The summed E-state index contributed by atoms with van der Waals surface area (Å²) < 4.78 is 5.20. The van der Waals surface area contributed by atoms with Crippen LogP contribution in [0.2, 0.25) is 0 Å². The normalized spacial score (nSPS) is 13.9. The zero-order valence-electron chi connectivity index (χ0n) is 18.5. The van der Waals surface area contributed by atoms with E-state index in [0.29, 0.717) is 11.1 Å². The second-order valence-electron chi connectivity index (χ2n) is 7.83. The highest BCUT2D eigenvalue weighted by molar-refractivity contribution is 6.22. The van der Waals surface area contributed by atoms with Crippen LogP contribution in [0.1, 0.15) is 44.3 Å². The molecule has 1 heterocycles.